The first kappa shape index (κ1) is 7.54. The monoisotopic (exact) mass is 175 g/mol. The molecule has 0 aromatic heterocycles. The minimum Gasteiger partial charge on any atom is -0.372 e. The summed E-state index contributed by atoms with van der Waals surface area (Å²) in [6, 6.07) is 6.53. The molecule has 0 saturated heterocycles. The minimum atomic E-state index is -0.00236. The van der Waals surface area contributed by atoms with Gasteiger partial charge in [0, 0.05) is 5.54 Å². The maximum atomic E-state index is 6.12. The van der Waals surface area contributed by atoms with Crippen molar-refractivity contribution in [1.82, 2.24) is 0 Å². The van der Waals surface area contributed by atoms with Gasteiger partial charge in [-0.05, 0) is 29.5 Å². The molecule has 1 fully saturated rings. The summed E-state index contributed by atoms with van der Waals surface area (Å²) >= 11 is 0. The first-order valence-electron chi connectivity index (χ1n) is 4.77. The van der Waals surface area contributed by atoms with Gasteiger partial charge in [-0.2, -0.15) is 0 Å². The van der Waals surface area contributed by atoms with E-state index in [2.05, 4.69) is 18.2 Å². The van der Waals surface area contributed by atoms with Gasteiger partial charge in [-0.3, -0.25) is 0 Å². The molecular formula is C11H13NO. The van der Waals surface area contributed by atoms with Gasteiger partial charge in [0.1, 0.15) is 0 Å². The molecule has 3 rings (SSSR count). The fourth-order valence-electron chi connectivity index (χ4n) is 1.91. The zero-order valence-corrected chi connectivity index (χ0v) is 7.55. The Hall–Kier alpha value is -0.860. The predicted molar refractivity (Wildman–Crippen MR) is 50.0 cm³/mol. The van der Waals surface area contributed by atoms with Gasteiger partial charge in [0.05, 0.1) is 13.2 Å². The molecule has 0 radical (unpaired) electrons. The third-order valence-corrected chi connectivity index (χ3v) is 3.08. The summed E-state index contributed by atoms with van der Waals surface area (Å²) in [6.45, 7) is 1.53. The maximum Gasteiger partial charge on any atom is 0.0725 e. The van der Waals surface area contributed by atoms with Crippen LogP contribution in [0.2, 0.25) is 0 Å². The van der Waals surface area contributed by atoms with Crippen LogP contribution < -0.4 is 5.73 Å². The molecule has 0 amide bonds. The largest absolute Gasteiger partial charge is 0.372 e. The average Bonchev–Trinajstić information content (AvgIpc) is 2.74. The minimum absolute atomic E-state index is 0.00236. The highest BCUT2D eigenvalue weighted by atomic mass is 16.5. The molecule has 2 heteroatoms. The third kappa shape index (κ3) is 1.10. The van der Waals surface area contributed by atoms with Crippen LogP contribution >= 0.6 is 0 Å². The van der Waals surface area contributed by atoms with E-state index >= 15 is 0 Å². The smallest absolute Gasteiger partial charge is 0.0725 e. The van der Waals surface area contributed by atoms with Gasteiger partial charge in [-0.25, -0.2) is 0 Å². The molecule has 1 aliphatic heterocycles. The lowest BCUT2D eigenvalue weighted by atomic mass is 10.0. The van der Waals surface area contributed by atoms with E-state index < -0.39 is 0 Å². The third-order valence-electron chi connectivity index (χ3n) is 3.08. The van der Waals surface area contributed by atoms with Crippen molar-refractivity contribution < 1.29 is 4.74 Å². The predicted octanol–water partition coefficient (Wildman–Crippen LogP) is 1.66. The second-order valence-electron chi connectivity index (χ2n) is 4.13. The number of hydrogen-bond donors (Lipinski definition) is 1. The average molecular weight is 175 g/mol. The van der Waals surface area contributed by atoms with Crippen molar-refractivity contribution in [1.29, 1.82) is 0 Å². The van der Waals surface area contributed by atoms with E-state index in [4.69, 9.17) is 10.5 Å². The molecule has 2 aliphatic rings. The zero-order chi connectivity index (χ0) is 8.89. The Morgan fingerprint density at radius 2 is 1.92 bits per heavy atom. The van der Waals surface area contributed by atoms with E-state index in [1.54, 1.807) is 0 Å². The van der Waals surface area contributed by atoms with Gasteiger partial charge in [0.2, 0.25) is 0 Å². The van der Waals surface area contributed by atoms with Gasteiger partial charge >= 0.3 is 0 Å². The van der Waals surface area contributed by atoms with Crippen molar-refractivity contribution in [3.05, 3.63) is 34.9 Å². The van der Waals surface area contributed by atoms with Crippen LogP contribution in [0.3, 0.4) is 0 Å². The number of ether oxygens (including phenoxy) is 1. The van der Waals surface area contributed by atoms with Gasteiger partial charge < -0.3 is 10.5 Å². The highest BCUT2D eigenvalue weighted by Crippen LogP contribution is 2.43. The van der Waals surface area contributed by atoms with Crippen LogP contribution in [0, 0.1) is 0 Å². The van der Waals surface area contributed by atoms with E-state index in [0.717, 1.165) is 26.1 Å². The molecule has 1 aromatic carbocycles. The van der Waals surface area contributed by atoms with Gasteiger partial charge in [0.15, 0.2) is 0 Å². The fourth-order valence-corrected chi connectivity index (χ4v) is 1.91. The molecule has 1 aliphatic carbocycles. The summed E-state index contributed by atoms with van der Waals surface area (Å²) in [4.78, 5) is 0. The number of hydrogen-bond acceptors (Lipinski definition) is 2. The van der Waals surface area contributed by atoms with Crippen LogP contribution in [0.15, 0.2) is 18.2 Å². The summed E-state index contributed by atoms with van der Waals surface area (Å²) in [5, 5.41) is 0. The molecule has 1 aromatic rings. The number of nitrogens with two attached hydrogens (primary N) is 1. The Morgan fingerprint density at radius 3 is 2.69 bits per heavy atom. The van der Waals surface area contributed by atoms with Gasteiger partial charge in [-0.1, -0.05) is 18.2 Å². The maximum absolute atomic E-state index is 6.12. The van der Waals surface area contributed by atoms with Crippen molar-refractivity contribution in [2.24, 2.45) is 5.73 Å². The molecule has 0 spiro atoms. The summed E-state index contributed by atoms with van der Waals surface area (Å²) in [7, 11) is 0. The Labute approximate surface area is 77.7 Å². The second-order valence-corrected chi connectivity index (χ2v) is 4.13. The Balaban J connectivity index is 2.05. The first-order chi connectivity index (χ1) is 6.28. The van der Waals surface area contributed by atoms with Crippen molar-refractivity contribution in [2.75, 3.05) is 0 Å². The molecule has 0 atom stereocenters. The van der Waals surface area contributed by atoms with Gasteiger partial charge in [-0.15, -0.1) is 0 Å². The van der Waals surface area contributed by atoms with Crippen LogP contribution in [0.5, 0.6) is 0 Å². The molecule has 1 heterocycles. The Bertz CT molecular complexity index is 355. The van der Waals surface area contributed by atoms with E-state index in [1.807, 2.05) is 0 Å². The van der Waals surface area contributed by atoms with Gasteiger partial charge in [0.25, 0.3) is 0 Å². The van der Waals surface area contributed by atoms with Crippen LogP contribution in [0.4, 0.5) is 0 Å². The molecule has 0 bridgehead atoms. The quantitative estimate of drug-likeness (QED) is 0.704. The topological polar surface area (TPSA) is 35.2 Å². The first-order valence-corrected chi connectivity index (χ1v) is 4.77. The van der Waals surface area contributed by atoms with E-state index in [1.165, 1.54) is 16.7 Å². The lowest BCUT2D eigenvalue weighted by Gasteiger charge is -2.09. The summed E-state index contributed by atoms with van der Waals surface area (Å²) in [6.07, 6.45) is 2.26. The van der Waals surface area contributed by atoms with Crippen molar-refractivity contribution in [3.8, 4) is 0 Å². The normalized spacial score (nSPS) is 22.8. The van der Waals surface area contributed by atoms with E-state index in [0.29, 0.717) is 0 Å². The Morgan fingerprint density at radius 1 is 1.15 bits per heavy atom. The summed E-state index contributed by atoms with van der Waals surface area (Å²) < 4.78 is 5.36. The van der Waals surface area contributed by atoms with Crippen LogP contribution in [-0.2, 0) is 23.5 Å². The summed E-state index contributed by atoms with van der Waals surface area (Å²) in [5.74, 6) is 0. The molecule has 1 saturated carbocycles. The lowest BCUT2D eigenvalue weighted by Crippen LogP contribution is -2.18. The molecular weight excluding hydrogens is 162 g/mol. The molecule has 0 unspecified atom stereocenters. The number of benzene rings is 1. The fraction of sp³-hybridized carbons (Fsp3) is 0.455. The second kappa shape index (κ2) is 2.34. The van der Waals surface area contributed by atoms with Crippen LogP contribution in [0.1, 0.15) is 29.5 Å². The molecule has 68 valence electrons. The van der Waals surface area contributed by atoms with Crippen LogP contribution in [0.25, 0.3) is 0 Å². The van der Waals surface area contributed by atoms with Crippen LogP contribution in [-0.4, -0.2) is 0 Å². The van der Waals surface area contributed by atoms with Crippen molar-refractivity contribution in [3.63, 3.8) is 0 Å². The van der Waals surface area contributed by atoms with Crippen molar-refractivity contribution in [2.45, 2.75) is 31.6 Å². The molecule has 2 nitrogen and oxygen atoms in total. The Kier molecular flexibility index (Phi) is 1.35. The van der Waals surface area contributed by atoms with Crippen molar-refractivity contribution >= 4 is 0 Å². The SMILES string of the molecule is NC1(c2ccc3c(c2)COC3)CC1. The highest BCUT2D eigenvalue weighted by molar-refractivity contribution is 5.38. The van der Waals surface area contributed by atoms with E-state index in [9.17, 15) is 0 Å². The highest BCUT2D eigenvalue weighted by Gasteiger charge is 2.40. The lowest BCUT2D eigenvalue weighted by molar-refractivity contribution is 0.134. The zero-order valence-electron chi connectivity index (χ0n) is 7.55. The number of rotatable bonds is 1. The molecule has 2 N–H and O–H groups in total. The summed E-state index contributed by atoms with van der Waals surface area (Å²) in [5.41, 5.74) is 10.1. The number of fused-ring (bicyclic) bond motifs is 1. The van der Waals surface area contributed by atoms with E-state index in [-0.39, 0.29) is 5.54 Å². The molecule has 13 heavy (non-hydrogen) atoms. The standard InChI is InChI=1S/C11H13NO/c12-11(3-4-11)10-2-1-8-6-13-7-9(8)5-10/h1-2,5H,3-4,6-7,12H2.